The number of carbonyl (C=O) groups is 1. The molecule has 0 aliphatic carbocycles. The second-order valence-corrected chi connectivity index (χ2v) is 5.28. The predicted octanol–water partition coefficient (Wildman–Crippen LogP) is 2.89. The molecule has 1 atom stereocenters. The van der Waals surface area contributed by atoms with Gasteiger partial charge in [0.25, 0.3) is 0 Å². The molecule has 2 rings (SSSR count). The van der Waals surface area contributed by atoms with Crippen LogP contribution >= 0.6 is 11.6 Å². The van der Waals surface area contributed by atoms with Crippen molar-refractivity contribution in [1.82, 2.24) is 5.06 Å². The normalized spacial score (nSPS) is 22.2. The van der Waals surface area contributed by atoms with E-state index in [1.54, 1.807) is 36.3 Å². The second-order valence-electron chi connectivity index (χ2n) is 4.85. The molecule has 104 valence electrons. The molecule has 1 aliphatic rings. The summed E-state index contributed by atoms with van der Waals surface area (Å²) >= 11 is 5.87. The number of amides is 2. The monoisotopic (exact) mass is 284 g/mol. The van der Waals surface area contributed by atoms with Crippen LogP contribution < -0.4 is 4.90 Å². The fourth-order valence-electron chi connectivity index (χ4n) is 2.42. The van der Waals surface area contributed by atoms with Crippen molar-refractivity contribution >= 4 is 23.3 Å². The molecule has 1 aromatic rings. The van der Waals surface area contributed by atoms with Crippen LogP contribution in [0.5, 0.6) is 0 Å². The summed E-state index contributed by atoms with van der Waals surface area (Å²) in [6.07, 6.45) is -0.443. The Morgan fingerprint density at radius 2 is 1.79 bits per heavy atom. The van der Waals surface area contributed by atoms with Crippen molar-refractivity contribution in [3.8, 4) is 0 Å². The molecule has 1 unspecified atom stereocenters. The van der Waals surface area contributed by atoms with Gasteiger partial charge >= 0.3 is 6.03 Å². The first-order valence-corrected chi connectivity index (χ1v) is 6.27. The van der Waals surface area contributed by atoms with Gasteiger partial charge in [-0.05, 0) is 38.1 Å². The molecule has 1 saturated heterocycles. The number of urea groups is 1. The Hall–Kier alpha value is -1.30. The van der Waals surface area contributed by atoms with E-state index in [4.69, 9.17) is 21.2 Å². The molecule has 0 saturated carbocycles. The molecule has 1 aliphatic heterocycles. The maximum absolute atomic E-state index is 12.4. The first-order valence-electron chi connectivity index (χ1n) is 5.89. The minimum atomic E-state index is -0.597. The standard InChI is InChI=1S/C13H17ClN2O3/c1-13(2)11(18-3)15(12(17)16(13)19-4)10-7-5-9(14)6-8-10/h5-8,11H,1-4H3. The Morgan fingerprint density at radius 1 is 1.21 bits per heavy atom. The Labute approximate surface area is 117 Å². The SMILES string of the molecule is COC1N(c2ccc(Cl)cc2)C(=O)N(OC)C1(C)C. The number of halogens is 1. The Kier molecular flexibility index (Phi) is 3.71. The molecule has 2 amide bonds. The average Bonchev–Trinajstić information content (AvgIpc) is 2.56. The van der Waals surface area contributed by atoms with Gasteiger partial charge in [0, 0.05) is 17.8 Å². The highest BCUT2D eigenvalue weighted by atomic mass is 35.5. The summed E-state index contributed by atoms with van der Waals surface area (Å²) in [6.45, 7) is 3.77. The highest BCUT2D eigenvalue weighted by Gasteiger charge is 2.53. The molecular formula is C13H17ClN2O3. The van der Waals surface area contributed by atoms with E-state index in [0.717, 1.165) is 0 Å². The van der Waals surface area contributed by atoms with Crippen molar-refractivity contribution in [1.29, 1.82) is 0 Å². The number of anilines is 1. The summed E-state index contributed by atoms with van der Waals surface area (Å²) in [4.78, 5) is 19.2. The van der Waals surface area contributed by atoms with E-state index in [9.17, 15) is 4.79 Å². The molecule has 5 nitrogen and oxygen atoms in total. The van der Waals surface area contributed by atoms with Gasteiger partial charge in [-0.3, -0.25) is 9.74 Å². The molecule has 6 heteroatoms. The maximum atomic E-state index is 12.4. The van der Waals surface area contributed by atoms with Gasteiger partial charge in [-0.1, -0.05) is 11.6 Å². The van der Waals surface area contributed by atoms with Gasteiger partial charge in [0.2, 0.25) is 0 Å². The molecule has 0 spiro atoms. The molecular weight excluding hydrogens is 268 g/mol. The highest BCUT2D eigenvalue weighted by molar-refractivity contribution is 6.30. The number of hydrogen-bond acceptors (Lipinski definition) is 3. The third-order valence-electron chi connectivity index (χ3n) is 3.25. The molecule has 0 radical (unpaired) electrons. The van der Waals surface area contributed by atoms with Gasteiger partial charge in [-0.2, -0.15) is 5.06 Å². The fourth-order valence-corrected chi connectivity index (χ4v) is 2.54. The summed E-state index contributed by atoms with van der Waals surface area (Å²) in [5, 5.41) is 1.93. The molecule has 19 heavy (non-hydrogen) atoms. The van der Waals surface area contributed by atoms with Crippen LogP contribution in [-0.2, 0) is 9.57 Å². The van der Waals surface area contributed by atoms with E-state index in [1.807, 2.05) is 13.8 Å². The van der Waals surface area contributed by atoms with Crippen LogP contribution in [0.25, 0.3) is 0 Å². The lowest BCUT2D eigenvalue weighted by molar-refractivity contribution is -0.155. The number of nitrogens with zero attached hydrogens (tertiary/aromatic N) is 2. The lowest BCUT2D eigenvalue weighted by Crippen LogP contribution is -2.47. The van der Waals surface area contributed by atoms with Gasteiger partial charge in [-0.25, -0.2) is 4.79 Å². The number of benzene rings is 1. The average molecular weight is 285 g/mol. The topological polar surface area (TPSA) is 42.0 Å². The van der Waals surface area contributed by atoms with E-state index in [2.05, 4.69) is 0 Å². The summed E-state index contributed by atoms with van der Waals surface area (Å²) in [5.41, 5.74) is 0.120. The zero-order valence-corrected chi connectivity index (χ0v) is 12.1. The molecule has 0 N–H and O–H groups in total. The highest BCUT2D eigenvalue weighted by Crippen LogP contribution is 2.36. The smallest absolute Gasteiger partial charge is 0.351 e. The van der Waals surface area contributed by atoms with Gasteiger partial charge in [0.1, 0.15) is 5.54 Å². The van der Waals surface area contributed by atoms with E-state index < -0.39 is 11.8 Å². The van der Waals surface area contributed by atoms with Crippen molar-refractivity contribution in [3.05, 3.63) is 29.3 Å². The van der Waals surface area contributed by atoms with Crippen molar-refractivity contribution in [2.75, 3.05) is 19.1 Å². The Balaban J connectivity index is 2.44. The molecule has 0 aromatic heterocycles. The van der Waals surface area contributed by atoms with Gasteiger partial charge in [0.05, 0.1) is 7.11 Å². The lowest BCUT2D eigenvalue weighted by Gasteiger charge is -2.31. The number of rotatable bonds is 3. The number of methoxy groups -OCH3 is 1. The second kappa shape index (κ2) is 5.00. The first kappa shape index (κ1) is 14.1. The van der Waals surface area contributed by atoms with Gasteiger partial charge < -0.3 is 4.74 Å². The summed E-state index contributed by atoms with van der Waals surface area (Å²) in [6, 6.07) is 6.77. The fraction of sp³-hybridized carbons (Fsp3) is 0.462. The summed E-state index contributed by atoms with van der Waals surface area (Å²) < 4.78 is 5.48. The first-order chi connectivity index (χ1) is 8.93. The van der Waals surface area contributed by atoms with Crippen molar-refractivity contribution < 1.29 is 14.4 Å². The van der Waals surface area contributed by atoms with Crippen LogP contribution in [0.1, 0.15) is 13.8 Å². The number of hydroxylamine groups is 2. The third-order valence-corrected chi connectivity index (χ3v) is 3.50. The van der Waals surface area contributed by atoms with Crippen LogP contribution in [0, 0.1) is 0 Å². The molecule has 1 heterocycles. The largest absolute Gasteiger partial charge is 0.358 e. The van der Waals surface area contributed by atoms with Crippen LogP contribution in [0.4, 0.5) is 10.5 Å². The zero-order chi connectivity index (χ0) is 14.2. The zero-order valence-electron chi connectivity index (χ0n) is 11.4. The predicted molar refractivity (Wildman–Crippen MR) is 73.1 cm³/mol. The number of hydrogen-bond donors (Lipinski definition) is 0. The lowest BCUT2D eigenvalue weighted by atomic mass is 10.0. The van der Waals surface area contributed by atoms with Crippen LogP contribution in [0.2, 0.25) is 5.02 Å². The van der Waals surface area contributed by atoms with E-state index >= 15 is 0 Å². The minimum Gasteiger partial charge on any atom is -0.358 e. The van der Waals surface area contributed by atoms with E-state index in [0.29, 0.717) is 10.7 Å². The molecule has 1 aromatic carbocycles. The Morgan fingerprint density at radius 3 is 2.26 bits per heavy atom. The molecule has 1 fully saturated rings. The summed E-state index contributed by atoms with van der Waals surface area (Å²) in [7, 11) is 3.04. The van der Waals surface area contributed by atoms with Crippen LogP contribution in [0.3, 0.4) is 0 Å². The van der Waals surface area contributed by atoms with Gasteiger partial charge in [-0.15, -0.1) is 0 Å². The van der Waals surface area contributed by atoms with Crippen LogP contribution in [0.15, 0.2) is 24.3 Å². The van der Waals surface area contributed by atoms with Crippen molar-refractivity contribution in [2.45, 2.75) is 25.6 Å². The molecule has 0 bridgehead atoms. The minimum absolute atomic E-state index is 0.262. The quantitative estimate of drug-likeness (QED) is 0.857. The van der Waals surface area contributed by atoms with E-state index in [1.165, 1.54) is 12.2 Å². The van der Waals surface area contributed by atoms with Crippen molar-refractivity contribution in [2.24, 2.45) is 0 Å². The van der Waals surface area contributed by atoms with Crippen LogP contribution in [-0.4, -0.2) is 37.1 Å². The Bertz CT molecular complexity index is 475. The summed E-state index contributed by atoms with van der Waals surface area (Å²) in [5.74, 6) is 0. The third kappa shape index (κ3) is 2.18. The number of ether oxygens (including phenoxy) is 1. The van der Waals surface area contributed by atoms with E-state index in [-0.39, 0.29) is 6.03 Å². The van der Waals surface area contributed by atoms with Gasteiger partial charge in [0.15, 0.2) is 6.23 Å². The maximum Gasteiger partial charge on any atom is 0.351 e. The number of carbonyl (C=O) groups excluding carboxylic acids is 1. The van der Waals surface area contributed by atoms with Crippen molar-refractivity contribution in [3.63, 3.8) is 0 Å².